The number of fused-ring (bicyclic) bond motifs is 1. The van der Waals surface area contributed by atoms with Gasteiger partial charge in [0, 0.05) is 23.3 Å². The molecule has 1 aliphatic heterocycles. The van der Waals surface area contributed by atoms with Crippen molar-refractivity contribution in [3.8, 4) is 5.75 Å². The van der Waals surface area contributed by atoms with Crippen LogP contribution in [0, 0.1) is 12.8 Å². The quantitative estimate of drug-likeness (QED) is 0.440. The topological polar surface area (TPSA) is 71.5 Å². The first-order chi connectivity index (χ1) is 16.4. The van der Waals surface area contributed by atoms with Crippen LogP contribution >= 0.6 is 0 Å². The first-order valence-corrected chi connectivity index (χ1v) is 13.9. The molecular weight excluding hydrogens is 446 g/mol. The zero-order valence-corrected chi connectivity index (χ0v) is 21.0. The maximum absolute atomic E-state index is 12.1. The number of nitrogens with zero attached hydrogens (tertiary/aromatic N) is 2. The lowest BCUT2D eigenvalue weighted by Gasteiger charge is -2.32. The molecule has 1 aliphatic rings. The largest absolute Gasteiger partial charge is 0.492 e. The second-order valence-corrected chi connectivity index (χ2v) is 11.1. The van der Waals surface area contributed by atoms with Crippen LogP contribution in [-0.2, 0) is 16.4 Å². The molecule has 7 heteroatoms. The van der Waals surface area contributed by atoms with Crippen molar-refractivity contribution in [2.45, 2.75) is 39.5 Å². The maximum atomic E-state index is 12.1. The van der Waals surface area contributed by atoms with Crippen molar-refractivity contribution in [3.63, 3.8) is 0 Å². The Labute approximate surface area is 203 Å². The monoisotopic (exact) mass is 481 g/mol. The molecule has 2 heterocycles. The number of benzene rings is 2. The van der Waals surface area contributed by atoms with Crippen molar-refractivity contribution < 1.29 is 13.2 Å². The minimum absolute atomic E-state index is 0.149. The van der Waals surface area contributed by atoms with E-state index >= 15 is 0 Å². The normalized spacial score (nSPS) is 15.5. The van der Waals surface area contributed by atoms with Gasteiger partial charge in [-0.3, -0.25) is 14.6 Å². The van der Waals surface area contributed by atoms with Crippen LogP contribution in [-0.4, -0.2) is 50.3 Å². The number of sulfonamides is 1. The Morgan fingerprint density at radius 2 is 1.88 bits per heavy atom. The predicted octanol–water partition coefficient (Wildman–Crippen LogP) is 5.03. The zero-order valence-electron chi connectivity index (χ0n) is 20.2. The molecule has 3 aromatic rings. The molecule has 34 heavy (non-hydrogen) atoms. The number of ether oxygens (including phenoxy) is 1. The highest BCUT2D eigenvalue weighted by Crippen LogP contribution is 2.26. The van der Waals surface area contributed by atoms with Gasteiger partial charge in [-0.15, -0.1) is 0 Å². The predicted molar refractivity (Wildman–Crippen MR) is 139 cm³/mol. The number of rotatable bonds is 10. The van der Waals surface area contributed by atoms with Crippen molar-refractivity contribution in [2.75, 3.05) is 36.7 Å². The SMILES string of the molecule is CCCS(=O)(=O)Nc1cccc(CC2CCN(CCOc3cccc4nc(C)ccc34)CC2)c1. The Bertz CT molecular complexity index is 1200. The van der Waals surface area contributed by atoms with Crippen LogP contribution in [0.15, 0.2) is 54.6 Å². The summed E-state index contributed by atoms with van der Waals surface area (Å²) in [7, 11) is -3.26. The number of pyridine rings is 1. The van der Waals surface area contributed by atoms with Crippen molar-refractivity contribution in [1.82, 2.24) is 9.88 Å². The molecule has 0 spiro atoms. The molecule has 1 N–H and O–H groups in total. The van der Waals surface area contributed by atoms with Crippen molar-refractivity contribution >= 4 is 26.6 Å². The van der Waals surface area contributed by atoms with Crippen molar-refractivity contribution in [3.05, 3.63) is 65.9 Å². The van der Waals surface area contributed by atoms with Crippen molar-refractivity contribution in [1.29, 1.82) is 0 Å². The first kappa shape index (κ1) is 24.5. The molecule has 0 radical (unpaired) electrons. The number of nitrogens with one attached hydrogen (secondary N) is 1. The van der Waals surface area contributed by atoms with E-state index in [1.807, 2.05) is 56.3 Å². The van der Waals surface area contributed by atoms with E-state index in [-0.39, 0.29) is 5.75 Å². The smallest absolute Gasteiger partial charge is 0.232 e. The Morgan fingerprint density at radius 1 is 1.09 bits per heavy atom. The van der Waals surface area contributed by atoms with E-state index in [0.29, 0.717) is 24.6 Å². The number of anilines is 1. The van der Waals surface area contributed by atoms with Crippen LogP contribution in [0.1, 0.15) is 37.4 Å². The first-order valence-electron chi connectivity index (χ1n) is 12.2. The lowest BCUT2D eigenvalue weighted by atomic mass is 9.90. The van der Waals surface area contributed by atoms with Crippen LogP contribution in [0.4, 0.5) is 5.69 Å². The summed E-state index contributed by atoms with van der Waals surface area (Å²) in [5, 5.41) is 1.06. The van der Waals surface area contributed by atoms with E-state index in [1.54, 1.807) is 0 Å². The van der Waals surface area contributed by atoms with E-state index < -0.39 is 10.0 Å². The van der Waals surface area contributed by atoms with Gasteiger partial charge >= 0.3 is 0 Å². The Kier molecular flexibility index (Phi) is 8.06. The molecule has 1 fully saturated rings. The highest BCUT2D eigenvalue weighted by molar-refractivity contribution is 7.92. The third-order valence-electron chi connectivity index (χ3n) is 6.40. The van der Waals surface area contributed by atoms with Crippen LogP contribution in [0.5, 0.6) is 5.75 Å². The molecular formula is C27H35N3O3S. The molecule has 6 nitrogen and oxygen atoms in total. The average molecular weight is 482 g/mol. The standard InChI is InChI=1S/C27H35N3O3S/c1-3-18-34(31,32)29-24-7-4-6-23(20-24)19-22-12-14-30(15-13-22)16-17-33-27-9-5-8-26-25(27)11-10-21(2)28-26/h4-11,20,22,29H,3,12-19H2,1-2H3. The fourth-order valence-corrected chi connectivity index (χ4v) is 5.77. The van der Waals surface area contributed by atoms with Gasteiger partial charge in [-0.1, -0.05) is 25.1 Å². The van der Waals surface area contributed by atoms with Gasteiger partial charge < -0.3 is 4.74 Å². The third kappa shape index (κ3) is 6.70. The van der Waals surface area contributed by atoms with Gasteiger partial charge in [-0.25, -0.2) is 8.42 Å². The summed E-state index contributed by atoms with van der Waals surface area (Å²) in [6.45, 7) is 7.58. The summed E-state index contributed by atoms with van der Waals surface area (Å²) >= 11 is 0. The minimum Gasteiger partial charge on any atom is -0.492 e. The van der Waals surface area contributed by atoms with Gasteiger partial charge in [0.15, 0.2) is 0 Å². The molecule has 0 atom stereocenters. The molecule has 0 saturated carbocycles. The van der Waals surface area contributed by atoms with Crippen LogP contribution in [0.2, 0.25) is 0 Å². The molecule has 2 aromatic carbocycles. The highest BCUT2D eigenvalue weighted by atomic mass is 32.2. The minimum atomic E-state index is -3.26. The lowest BCUT2D eigenvalue weighted by Crippen LogP contribution is -2.37. The van der Waals surface area contributed by atoms with Gasteiger partial charge in [0.2, 0.25) is 10.0 Å². The molecule has 4 rings (SSSR count). The number of likely N-dealkylation sites (tertiary alicyclic amines) is 1. The Balaban J connectivity index is 1.23. The Hall–Kier alpha value is -2.64. The number of aryl methyl sites for hydroxylation is 1. The Morgan fingerprint density at radius 3 is 2.68 bits per heavy atom. The van der Waals surface area contributed by atoms with Crippen molar-refractivity contribution in [2.24, 2.45) is 5.92 Å². The number of piperidine rings is 1. The van der Waals surface area contributed by atoms with E-state index in [9.17, 15) is 8.42 Å². The van der Waals surface area contributed by atoms with Crippen LogP contribution in [0.25, 0.3) is 10.9 Å². The highest BCUT2D eigenvalue weighted by Gasteiger charge is 2.20. The van der Waals surface area contributed by atoms with Gasteiger partial charge in [-0.05, 0) is 93.6 Å². The average Bonchev–Trinajstić information content (AvgIpc) is 2.80. The van der Waals surface area contributed by atoms with E-state index in [2.05, 4.69) is 26.7 Å². The van der Waals surface area contributed by atoms with E-state index in [4.69, 9.17) is 4.74 Å². The number of hydrogen-bond donors (Lipinski definition) is 1. The van der Waals surface area contributed by atoms with E-state index in [0.717, 1.165) is 61.2 Å². The third-order valence-corrected chi connectivity index (χ3v) is 7.89. The summed E-state index contributed by atoms with van der Waals surface area (Å²) in [6, 6.07) is 18.0. The summed E-state index contributed by atoms with van der Waals surface area (Å²) in [4.78, 5) is 7.06. The molecule has 0 amide bonds. The van der Waals surface area contributed by atoms with E-state index in [1.165, 1.54) is 5.56 Å². The zero-order chi connectivity index (χ0) is 24.0. The molecule has 0 aliphatic carbocycles. The molecule has 182 valence electrons. The summed E-state index contributed by atoms with van der Waals surface area (Å²) < 4.78 is 32.9. The maximum Gasteiger partial charge on any atom is 0.232 e. The van der Waals surface area contributed by atoms with Crippen LogP contribution in [0.3, 0.4) is 0 Å². The fourth-order valence-electron chi connectivity index (χ4n) is 4.65. The molecule has 1 aromatic heterocycles. The molecule has 0 bridgehead atoms. The van der Waals surface area contributed by atoms with Gasteiger partial charge in [-0.2, -0.15) is 0 Å². The molecule has 1 saturated heterocycles. The van der Waals surface area contributed by atoms with Gasteiger partial charge in [0.05, 0.1) is 11.3 Å². The summed E-state index contributed by atoms with van der Waals surface area (Å²) in [6.07, 6.45) is 3.88. The number of aromatic nitrogens is 1. The summed E-state index contributed by atoms with van der Waals surface area (Å²) in [5.74, 6) is 1.66. The molecule has 0 unspecified atom stereocenters. The van der Waals surface area contributed by atoms with Gasteiger partial charge in [0.25, 0.3) is 0 Å². The second kappa shape index (κ2) is 11.2. The second-order valence-electron chi connectivity index (χ2n) is 9.23. The summed E-state index contributed by atoms with van der Waals surface area (Å²) in [5.41, 5.74) is 3.84. The lowest BCUT2D eigenvalue weighted by molar-refractivity contribution is 0.155. The fraction of sp³-hybridized carbons (Fsp3) is 0.444. The van der Waals surface area contributed by atoms with Gasteiger partial charge in [0.1, 0.15) is 12.4 Å². The number of hydrogen-bond acceptors (Lipinski definition) is 5. The van der Waals surface area contributed by atoms with Crippen LogP contribution < -0.4 is 9.46 Å².